The van der Waals surface area contributed by atoms with Gasteiger partial charge in [0.05, 0.1) is 18.8 Å². The fourth-order valence-electron chi connectivity index (χ4n) is 3.72. The Balaban J connectivity index is 1.62. The molecule has 0 N–H and O–H groups in total. The zero-order chi connectivity index (χ0) is 18.0. The van der Waals surface area contributed by atoms with Crippen molar-refractivity contribution in [2.24, 2.45) is 5.92 Å². The van der Waals surface area contributed by atoms with Gasteiger partial charge in [-0.05, 0) is 45.1 Å². The number of hydrogen-bond donors (Lipinski definition) is 0. The summed E-state index contributed by atoms with van der Waals surface area (Å²) in [5, 5.41) is 0. The Labute approximate surface area is 148 Å². The second-order valence-corrected chi connectivity index (χ2v) is 7.09. The van der Waals surface area contributed by atoms with Crippen molar-refractivity contribution in [2.75, 3.05) is 19.8 Å². The summed E-state index contributed by atoms with van der Waals surface area (Å²) >= 11 is 0. The predicted molar refractivity (Wildman–Crippen MR) is 89.8 cm³/mol. The lowest BCUT2D eigenvalue weighted by Gasteiger charge is -2.20. The number of carbonyl (C=O) groups excluding carboxylic acids is 2. The standard InChI is InChI=1S/C19H26O6/c1-4-23-15(20)11-22-10-13-6-5-9-19(3)17(25-19)16-14(8-7-13)12(2)18(21)24-16/h6,14,16-17H,2,4-5,7-11H2,1,3H3/b13-6-/t14-,16-,17-,19+/m0/s1. The monoisotopic (exact) mass is 350 g/mol. The number of fused-ring (bicyclic) bond motifs is 3. The summed E-state index contributed by atoms with van der Waals surface area (Å²) in [5.41, 5.74) is 1.42. The van der Waals surface area contributed by atoms with Crippen LogP contribution in [0.5, 0.6) is 0 Å². The second-order valence-electron chi connectivity index (χ2n) is 7.09. The van der Waals surface area contributed by atoms with Crippen LogP contribution in [0.4, 0.5) is 0 Å². The maximum atomic E-state index is 11.9. The van der Waals surface area contributed by atoms with E-state index in [0.29, 0.717) is 18.8 Å². The normalized spacial score (nSPS) is 36.6. The van der Waals surface area contributed by atoms with Gasteiger partial charge in [0.25, 0.3) is 0 Å². The fourth-order valence-corrected chi connectivity index (χ4v) is 3.72. The van der Waals surface area contributed by atoms with Crippen molar-refractivity contribution in [2.45, 2.75) is 57.3 Å². The van der Waals surface area contributed by atoms with E-state index in [1.165, 1.54) is 0 Å². The maximum Gasteiger partial charge on any atom is 0.334 e. The minimum Gasteiger partial charge on any atom is -0.464 e. The van der Waals surface area contributed by atoms with Gasteiger partial charge in [-0.3, -0.25) is 0 Å². The van der Waals surface area contributed by atoms with E-state index in [-0.39, 0.29) is 42.3 Å². The average molecular weight is 350 g/mol. The molecule has 2 heterocycles. The third-order valence-corrected chi connectivity index (χ3v) is 5.25. The van der Waals surface area contributed by atoms with Crippen LogP contribution >= 0.6 is 0 Å². The Morgan fingerprint density at radius 3 is 3.04 bits per heavy atom. The third kappa shape index (κ3) is 3.96. The smallest absolute Gasteiger partial charge is 0.334 e. The SMILES string of the molecule is C=C1C(=O)O[C@H]2[C@H]1CC/C(COCC(=O)OCC)=C/CC[C@@]1(C)O[C@@H]21. The molecular weight excluding hydrogens is 324 g/mol. The molecule has 3 rings (SSSR count). The van der Waals surface area contributed by atoms with E-state index in [1.54, 1.807) is 6.92 Å². The summed E-state index contributed by atoms with van der Waals surface area (Å²) in [7, 11) is 0. The van der Waals surface area contributed by atoms with Crippen LogP contribution in [-0.2, 0) is 28.5 Å². The molecule has 0 aromatic rings. The summed E-state index contributed by atoms with van der Waals surface area (Å²) in [4.78, 5) is 23.3. The van der Waals surface area contributed by atoms with E-state index in [2.05, 4.69) is 19.6 Å². The van der Waals surface area contributed by atoms with Crippen LogP contribution < -0.4 is 0 Å². The van der Waals surface area contributed by atoms with Gasteiger partial charge in [0.15, 0.2) is 0 Å². The van der Waals surface area contributed by atoms with Crippen molar-refractivity contribution in [3.05, 3.63) is 23.8 Å². The van der Waals surface area contributed by atoms with E-state index in [9.17, 15) is 9.59 Å². The van der Waals surface area contributed by atoms with Gasteiger partial charge in [-0.15, -0.1) is 0 Å². The molecular formula is C19H26O6. The lowest BCUT2D eigenvalue weighted by molar-refractivity contribution is -0.148. The molecule has 6 nitrogen and oxygen atoms in total. The van der Waals surface area contributed by atoms with Crippen molar-refractivity contribution in [1.29, 1.82) is 0 Å². The molecule has 0 aromatic heterocycles. The molecule has 0 saturated carbocycles. The molecule has 4 atom stereocenters. The van der Waals surface area contributed by atoms with Gasteiger partial charge in [-0.2, -0.15) is 0 Å². The first-order valence-electron chi connectivity index (χ1n) is 8.93. The van der Waals surface area contributed by atoms with E-state index in [0.717, 1.165) is 31.3 Å². The van der Waals surface area contributed by atoms with Crippen LogP contribution in [0.3, 0.4) is 0 Å². The number of ether oxygens (including phenoxy) is 4. The summed E-state index contributed by atoms with van der Waals surface area (Å²) in [6.07, 6.45) is 5.18. The van der Waals surface area contributed by atoms with Gasteiger partial charge in [0.1, 0.15) is 18.8 Å². The zero-order valence-electron chi connectivity index (χ0n) is 14.9. The van der Waals surface area contributed by atoms with Crippen molar-refractivity contribution in [3.63, 3.8) is 0 Å². The minimum atomic E-state index is -0.354. The Hall–Kier alpha value is -1.66. The van der Waals surface area contributed by atoms with E-state index in [1.807, 2.05) is 0 Å². The van der Waals surface area contributed by atoms with Gasteiger partial charge in [-0.1, -0.05) is 12.7 Å². The number of hydrogen-bond acceptors (Lipinski definition) is 6. The highest BCUT2D eigenvalue weighted by Gasteiger charge is 2.61. The molecule has 0 unspecified atom stereocenters. The zero-order valence-corrected chi connectivity index (χ0v) is 14.9. The average Bonchev–Trinajstić information content (AvgIpc) is 3.15. The molecule has 1 aliphatic carbocycles. The first-order chi connectivity index (χ1) is 11.9. The van der Waals surface area contributed by atoms with Crippen molar-refractivity contribution in [3.8, 4) is 0 Å². The van der Waals surface area contributed by atoms with E-state index >= 15 is 0 Å². The lowest BCUT2D eigenvalue weighted by atomic mass is 9.84. The molecule has 25 heavy (non-hydrogen) atoms. The van der Waals surface area contributed by atoms with E-state index in [4.69, 9.17) is 18.9 Å². The highest BCUT2D eigenvalue weighted by Crippen LogP contribution is 2.49. The molecule has 138 valence electrons. The molecule has 3 aliphatic rings. The van der Waals surface area contributed by atoms with Crippen molar-refractivity contribution >= 4 is 11.9 Å². The van der Waals surface area contributed by atoms with Crippen LogP contribution in [-0.4, -0.2) is 49.6 Å². The number of carbonyl (C=O) groups is 2. The molecule has 2 saturated heterocycles. The number of esters is 2. The van der Waals surface area contributed by atoms with Gasteiger partial charge < -0.3 is 18.9 Å². The van der Waals surface area contributed by atoms with Crippen molar-refractivity contribution in [1.82, 2.24) is 0 Å². The number of rotatable bonds is 5. The Kier molecular flexibility index (Phi) is 5.29. The lowest BCUT2D eigenvalue weighted by Crippen LogP contribution is -2.29. The topological polar surface area (TPSA) is 74.4 Å². The molecule has 2 fully saturated rings. The van der Waals surface area contributed by atoms with Gasteiger partial charge in [-0.25, -0.2) is 9.59 Å². The predicted octanol–water partition coefficient (Wildman–Crippen LogP) is 2.32. The van der Waals surface area contributed by atoms with Gasteiger partial charge >= 0.3 is 11.9 Å². The molecule has 0 amide bonds. The summed E-state index contributed by atoms with van der Waals surface area (Å²) in [6.45, 7) is 8.43. The molecule has 0 radical (unpaired) electrons. The number of epoxide rings is 1. The summed E-state index contributed by atoms with van der Waals surface area (Å²) < 4.78 is 21.8. The summed E-state index contributed by atoms with van der Waals surface area (Å²) in [6, 6.07) is 0. The molecule has 6 heteroatoms. The molecule has 0 bridgehead atoms. The largest absolute Gasteiger partial charge is 0.464 e. The molecule has 2 aliphatic heterocycles. The molecule has 0 spiro atoms. The van der Waals surface area contributed by atoms with Crippen LogP contribution in [0.15, 0.2) is 23.8 Å². The van der Waals surface area contributed by atoms with Crippen LogP contribution in [0.25, 0.3) is 0 Å². The van der Waals surface area contributed by atoms with Crippen molar-refractivity contribution < 1.29 is 28.5 Å². The quantitative estimate of drug-likeness (QED) is 0.328. The Morgan fingerprint density at radius 1 is 1.48 bits per heavy atom. The molecule has 0 aromatic carbocycles. The first kappa shape index (κ1) is 18.1. The Morgan fingerprint density at radius 2 is 2.28 bits per heavy atom. The van der Waals surface area contributed by atoms with Gasteiger partial charge in [0.2, 0.25) is 0 Å². The van der Waals surface area contributed by atoms with Crippen LogP contribution in [0, 0.1) is 5.92 Å². The first-order valence-corrected chi connectivity index (χ1v) is 8.93. The highest BCUT2D eigenvalue weighted by molar-refractivity contribution is 5.91. The van der Waals surface area contributed by atoms with Gasteiger partial charge in [0, 0.05) is 11.5 Å². The second kappa shape index (κ2) is 7.30. The van der Waals surface area contributed by atoms with Crippen LogP contribution in [0.2, 0.25) is 0 Å². The maximum absolute atomic E-state index is 11.9. The number of allylic oxidation sites excluding steroid dienone is 1. The fraction of sp³-hybridized carbons (Fsp3) is 0.684. The third-order valence-electron chi connectivity index (χ3n) is 5.25. The highest BCUT2D eigenvalue weighted by atomic mass is 16.6. The van der Waals surface area contributed by atoms with Crippen LogP contribution in [0.1, 0.15) is 39.5 Å². The van der Waals surface area contributed by atoms with E-state index < -0.39 is 0 Å². The Bertz CT molecular complexity index is 595. The minimum absolute atomic E-state index is 0.0223. The summed E-state index contributed by atoms with van der Waals surface area (Å²) in [5.74, 6) is -0.685.